The van der Waals surface area contributed by atoms with E-state index in [2.05, 4.69) is 15.0 Å². The number of carbonyl (C=O) groups is 1. The lowest BCUT2D eigenvalue weighted by Gasteiger charge is -2.30. The largest absolute Gasteiger partial charge is 0.474 e. The van der Waals surface area contributed by atoms with Crippen LogP contribution in [0, 0.1) is 0 Å². The number of halogens is 1. The number of aromatic nitrogens is 3. The van der Waals surface area contributed by atoms with Gasteiger partial charge in [-0.1, -0.05) is 11.6 Å². The van der Waals surface area contributed by atoms with Gasteiger partial charge in [0.15, 0.2) is 5.78 Å². The van der Waals surface area contributed by atoms with E-state index in [4.69, 9.17) is 16.3 Å². The first-order valence-corrected chi connectivity index (χ1v) is 9.70. The summed E-state index contributed by atoms with van der Waals surface area (Å²) < 4.78 is 31.9. The fraction of sp³-hybridized carbons (Fsp3) is 0.400. The van der Waals surface area contributed by atoms with Crippen LogP contribution in [0.4, 0.5) is 0 Å². The summed E-state index contributed by atoms with van der Waals surface area (Å²) in [5.41, 5.74) is 0.190. The zero-order chi connectivity index (χ0) is 17.9. The third-order valence-corrected chi connectivity index (χ3v) is 5.90. The topological polar surface area (TPSA) is 105 Å². The number of ether oxygens (including phenoxy) is 1. The van der Waals surface area contributed by atoms with Crippen LogP contribution in [0.1, 0.15) is 23.3 Å². The molecule has 0 atom stereocenters. The number of H-pyrrole nitrogens is 1. The molecule has 1 saturated heterocycles. The Labute approximate surface area is 150 Å². The number of piperidine rings is 1. The third-order valence-electron chi connectivity index (χ3n) is 3.89. The van der Waals surface area contributed by atoms with Gasteiger partial charge in [-0.3, -0.25) is 4.79 Å². The summed E-state index contributed by atoms with van der Waals surface area (Å²) in [4.78, 5) is 22.4. The van der Waals surface area contributed by atoms with Crippen LogP contribution < -0.4 is 4.74 Å². The van der Waals surface area contributed by atoms with Gasteiger partial charge in [0.25, 0.3) is 0 Å². The lowest BCUT2D eigenvalue weighted by molar-refractivity contribution is 0.101. The molecule has 3 heterocycles. The van der Waals surface area contributed by atoms with Crippen LogP contribution in [0.2, 0.25) is 5.02 Å². The SMILES string of the molecule is O=C(CS(=O)(=O)N1CCC(Oc2ccc(Cl)cn2)CC1)c1cnc[nH]1. The normalized spacial score (nSPS) is 16.7. The number of aromatic amines is 1. The number of nitrogens with zero attached hydrogens (tertiary/aromatic N) is 3. The van der Waals surface area contributed by atoms with Crippen molar-refractivity contribution < 1.29 is 17.9 Å². The lowest BCUT2D eigenvalue weighted by Crippen LogP contribution is -2.43. The van der Waals surface area contributed by atoms with Crippen molar-refractivity contribution in [1.82, 2.24) is 19.3 Å². The Morgan fingerprint density at radius 3 is 2.68 bits per heavy atom. The minimum Gasteiger partial charge on any atom is -0.474 e. The van der Waals surface area contributed by atoms with Crippen molar-refractivity contribution in [3.63, 3.8) is 0 Å². The highest BCUT2D eigenvalue weighted by Crippen LogP contribution is 2.20. The molecule has 2 aromatic heterocycles. The molecule has 0 aromatic carbocycles. The van der Waals surface area contributed by atoms with Crippen LogP contribution in [0.15, 0.2) is 30.9 Å². The minimum atomic E-state index is -3.66. The van der Waals surface area contributed by atoms with Crippen molar-refractivity contribution in [2.75, 3.05) is 18.8 Å². The molecule has 3 rings (SSSR count). The van der Waals surface area contributed by atoms with Crippen molar-refractivity contribution in [2.45, 2.75) is 18.9 Å². The molecule has 0 amide bonds. The van der Waals surface area contributed by atoms with Crippen LogP contribution in [0.25, 0.3) is 0 Å². The van der Waals surface area contributed by atoms with Gasteiger partial charge in [-0.2, -0.15) is 0 Å². The molecule has 10 heteroatoms. The molecule has 1 fully saturated rings. The van der Waals surface area contributed by atoms with E-state index in [9.17, 15) is 13.2 Å². The zero-order valence-electron chi connectivity index (χ0n) is 13.3. The summed E-state index contributed by atoms with van der Waals surface area (Å²) in [5, 5.41) is 0.523. The highest BCUT2D eigenvalue weighted by atomic mass is 35.5. The Kier molecular flexibility index (Phi) is 5.36. The fourth-order valence-corrected chi connectivity index (χ4v) is 4.12. The monoisotopic (exact) mass is 384 g/mol. The molecule has 2 aromatic rings. The van der Waals surface area contributed by atoms with Gasteiger partial charge in [0.2, 0.25) is 15.9 Å². The first-order chi connectivity index (χ1) is 11.9. The molecular formula is C15H17ClN4O4S. The first kappa shape index (κ1) is 17.8. The second kappa shape index (κ2) is 7.51. The Bertz CT molecular complexity index is 816. The number of ketones is 1. The molecule has 1 N–H and O–H groups in total. The van der Waals surface area contributed by atoms with Gasteiger partial charge in [0, 0.05) is 25.4 Å². The fourth-order valence-electron chi connectivity index (χ4n) is 2.57. The average Bonchev–Trinajstić information content (AvgIpc) is 3.12. The Morgan fingerprint density at radius 2 is 2.08 bits per heavy atom. The number of imidazole rings is 1. The van der Waals surface area contributed by atoms with E-state index in [1.54, 1.807) is 12.1 Å². The molecule has 134 valence electrons. The van der Waals surface area contributed by atoms with Gasteiger partial charge >= 0.3 is 0 Å². The van der Waals surface area contributed by atoms with Crippen molar-refractivity contribution in [2.24, 2.45) is 0 Å². The van der Waals surface area contributed by atoms with Crippen LogP contribution >= 0.6 is 11.6 Å². The van der Waals surface area contributed by atoms with E-state index in [0.29, 0.717) is 36.8 Å². The molecule has 0 saturated carbocycles. The highest BCUT2D eigenvalue weighted by molar-refractivity contribution is 7.89. The summed E-state index contributed by atoms with van der Waals surface area (Å²) in [6, 6.07) is 3.36. The van der Waals surface area contributed by atoms with Gasteiger partial charge < -0.3 is 9.72 Å². The Hall–Kier alpha value is -1.97. The lowest BCUT2D eigenvalue weighted by atomic mass is 10.1. The molecule has 25 heavy (non-hydrogen) atoms. The van der Waals surface area contributed by atoms with Crippen LogP contribution in [-0.2, 0) is 10.0 Å². The maximum Gasteiger partial charge on any atom is 0.221 e. The van der Waals surface area contributed by atoms with E-state index in [1.165, 1.54) is 23.0 Å². The van der Waals surface area contributed by atoms with E-state index in [-0.39, 0.29) is 11.8 Å². The maximum atomic E-state index is 12.4. The average molecular weight is 385 g/mol. The van der Waals surface area contributed by atoms with Gasteiger partial charge in [-0.05, 0) is 18.9 Å². The van der Waals surface area contributed by atoms with E-state index in [0.717, 1.165) is 0 Å². The molecule has 8 nitrogen and oxygen atoms in total. The summed E-state index contributed by atoms with van der Waals surface area (Å²) >= 11 is 5.78. The van der Waals surface area contributed by atoms with Crippen LogP contribution in [-0.4, -0.2) is 58.4 Å². The molecule has 0 aliphatic carbocycles. The number of sulfonamides is 1. The van der Waals surface area contributed by atoms with Crippen molar-refractivity contribution in [3.8, 4) is 5.88 Å². The number of Topliss-reactive ketones (excluding diaryl/α,β-unsaturated/α-hetero) is 1. The summed E-state index contributed by atoms with van der Waals surface area (Å²) in [6.45, 7) is 0.605. The highest BCUT2D eigenvalue weighted by Gasteiger charge is 2.31. The molecule has 0 spiro atoms. The van der Waals surface area contributed by atoms with E-state index in [1.807, 2.05) is 0 Å². The summed E-state index contributed by atoms with van der Waals surface area (Å²) in [7, 11) is -3.66. The number of rotatable bonds is 6. The predicted octanol–water partition coefficient (Wildman–Crippen LogP) is 1.51. The third kappa shape index (κ3) is 4.56. The number of carbonyl (C=O) groups excluding carboxylic acids is 1. The Morgan fingerprint density at radius 1 is 1.32 bits per heavy atom. The molecule has 0 unspecified atom stereocenters. The van der Waals surface area contributed by atoms with Crippen LogP contribution in [0.5, 0.6) is 5.88 Å². The minimum absolute atomic E-state index is 0.122. The van der Waals surface area contributed by atoms with Crippen molar-refractivity contribution in [1.29, 1.82) is 0 Å². The van der Waals surface area contributed by atoms with Gasteiger partial charge in [0.05, 0.1) is 17.5 Å². The quantitative estimate of drug-likeness (QED) is 0.757. The molecule has 1 aliphatic rings. The van der Waals surface area contributed by atoms with E-state index < -0.39 is 21.6 Å². The summed E-state index contributed by atoms with van der Waals surface area (Å²) in [5.74, 6) is -0.610. The van der Waals surface area contributed by atoms with E-state index >= 15 is 0 Å². The standard InChI is InChI=1S/C15H17ClN4O4S/c16-11-1-2-15(18-7-11)24-12-3-5-20(6-4-12)25(22,23)9-14(21)13-8-17-10-19-13/h1-2,7-8,10,12H,3-6,9H2,(H,17,19). The molecular weight excluding hydrogens is 368 g/mol. The molecule has 0 bridgehead atoms. The Balaban J connectivity index is 1.54. The zero-order valence-corrected chi connectivity index (χ0v) is 14.8. The summed E-state index contributed by atoms with van der Waals surface area (Å²) in [6.07, 6.45) is 5.09. The van der Waals surface area contributed by atoms with Gasteiger partial charge in [-0.25, -0.2) is 22.7 Å². The van der Waals surface area contributed by atoms with Crippen molar-refractivity contribution >= 4 is 27.4 Å². The predicted molar refractivity (Wildman–Crippen MR) is 91.2 cm³/mol. The van der Waals surface area contributed by atoms with Crippen LogP contribution in [0.3, 0.4) is 0 Å². The first-order valence-electron chi connectivity index (χ1n) is 7.71. The number of hydrogen-bond acceptors (Lipinski definition) is 6. The second-order valence-corrected chi connectivity index (χ2v) is 8.08. The van der Waals surface area contributed by atoms with Gasteiger partial charge in [0.1, 0.15) is 17.6 Å². The smallest absolute Gasteiger partial charge is 0.221 e. The second-order valence-electron chi connectivity index (χ2n) is 5.68. The van der Waals surface area contributed by atoms with Gasteiger partial charge in [-0.15, -0.1) is 0 Å². The number of pyridine rings is 1. The van der Waals surface area contributed by atoms with Crippen molar-refractivity contribution in [3.05, 3.63) is 41.6 Å². The molecule has 1 aliphatic heterocycles. The number of nitrogens with one attached hydrogen (secondary N) is 1. The molecule has 0 radical (unpaired) electrons. The number of hydrogen-bond donors (Lipinski definition) is 1. The maximum absolute atomic E-state index is 12.4.